The maximum absolute atomic E-state index is 11.7. The van der Waals surface area contributed by atoms with Gasteiger partial charge in [-0.3, -0.25) is 9.36 Å². The number of carboxylic acids is 2. The predicted octanol–water partition coefficient (Wildman–Crippen LogP) is 1.23. The number of aromatic carboxylic acids is 2. The second-order valence-electron chi connectivity index (χ2n) is 3.78. The van der Waals surface area contributed by atoms with Crippen molar-refractivity contribution in [1.29, 1.82) is 0 Å². The number of nitrogens with zero attached hydrogens (tertiary/aromatic N) is 1. The van der Waals surface area contributed by atoms with Gasteiger partial charge in [0.25, 0.3) is 5.56 Å². The molecular formula is C13H9NO5. The van der Waals surface area contributed by atoms with Crippen LogP contribution in [0.4, 0.5) is 0 Å². The summed E-state index contributed by atoms with van der Waals surface area (Å²) in [5, 5.41) is 17.5. The van der Waals surface area contributed by atoms with Crippen molar-refractivity contribution in [2.24, 2.45) is 0 Å². The third kappa shape index (κ3) is 2.52. The second-order valence-corrected chi connectivity index (χ2v) is 3.78. The summed E-state index contributed by atoms with van der Waals surface area (Å²) in [5.41, 5.74) is -0.0164. The Hall–Kier alpha value is -2.89. The molecule has 0 bridgehead atoms. The Labute approximate surface area is 107 Å². The van der Waals surface area contributed by atoms with Crippen LogP contribution in [0.3, 0.4) is 0 Å². The van der Waals surface area contributed by atoms with E-state index in [2.05, 4.69) is 0 Å². The summed E-state index contributed by atoms with van der Waals surface area (Å²) in [4.78, 5) is 33.2. The van der Waals surface area contributed by atoms with Crippen molar-refractivity contribution < 1.29 is 19.8 Å². The van der Waals surface area contributed by atoms with Gasteiger partial charge in [0.2, 0.25) is 0 Å². The second kappa shape index (κ2) is 4.77. The quantitative estimate of drug-likeness (QED) is 0.864. The normalized spacial score (nSPS) is 10.1. The van der Waals surface area contributed by atoms with E-state index < -0.39 is 17.5 Å². The van der Waals surface area contributed by atoms with Crippen LogP contribution >= 0.6 is 0 Å². The number of benzene rings is 1. The van der Waals surface area contributed by atoms with E-state index in [1.54, 1.807) is 0 Å². The van der Waals surface area contributed by atoms with Gasteiger partial charge < -0.3 is 10.2 Å². The molecule has 0 spiro atoms. The lowest BCUT2D eigenvalue weighted by Gasteiger charge is -2.06. The highest BCUT2D eigenvalue weighted by atomic mass is 16.4. The van der Waals surface area contributed by atoms with E-state index in [0.29, 0.717) is 5.69 Å². The van der Waals surface area contributed by atoms with Crippen molar-refractivity contribution in [3.63, 3.8) is 0 Å². The molecule has 96 valence electrons. The van der Waals surface area contributed by atoms with Crippen molar-refractivity contribution in [3.8, 4) is 5.69 Å². The van der Waals surface area contributed by atoms with E-state index >= 15 is 0 Å². The van der Waals surface area contributed by atoms with Crippen LogP contribution in [0, 0.1) is 0 Å². The maximum Gasteiger partial charge on any atom is 0.335 e. The summed E-state index contributed by atoms with van der Waals surface area (Å²) in [7, 11) is 0. The number of pyridine rings is 1. The summed E-state index contributed by atoms with van der Waals surface area (Å²) in [5.74, 6) is -2.23. The van der Waals surface area contributed by atoms with Crippen LogP contribution in [0.15, 0.2) is 47.4 Å². The standard InChI is InChI=1S/C13H9NO5/c15-11-7-9(13(18)19)5-6-14(11)10-3-1-8(2-4-10)12(16)17/h1-7H,(H,16,17)(H,18,19). The monoisotopic (exact) mass is 259 g/mol. The van der Waals surface area contributed by atoms with Crippen LogP contribution in [0.25, 0.3) is 5.69 Å². The van der Waals surface area contributed by atoms with Crippen LogP contribution in [0.5, 0.6) is 0 Å². The summed E-state index contributed by atoms with van der Waals surface area (Å²) in [6.45, 7) is 0. The summed E-state index contributed by atoms with van der Waals surface area (Å²) in [6, 6.07) is 8.00. The van der Waals surface area contributed by atoms with Gasteiger partial charge >= 0.3 is 11.9 Å². The Bertz CT molecular complexity index is 700. The fraction of sp³-hybridized carbons (Fsp3) is 0. The first-order valence-corrected chi connectivity index (χ1v) is 5.29. The number of carboxylic acid groups (broad SMARTS) is 2. The van der Waals surface area contributed by atoms with E-state index in [9.17, 15) is 14.4 Å². The van der Waals surface area contributed by atoms with Gasteiger partial charge in [-0.2, -0.15) is 0 Å². The molecule has 0 radical (unpaired) electrons. The Kier molecular flexibility index (Phi) is 3.15. The minimum atomic E-state index is -1.18. The lowest BCUT2D eigenvalue weighted by molar-refractivity contribution is 0.0686. The number of hydrogen-bond acceptors (Lipinski definition) is 3. The van der Waals surface area contributed by atoms with Gasteiger partial charge in [0.05, 0.1) is 11.1 Å². The minimum Gasteiger partial charge on any atom is -0.478 e. The van der Waals surface area contributed by atoms with Crippen LogP contribution in [0.1, 0.15) is 20.7 Å². The molecule has 0 aliphatic heterocycles. The molecule has 6 nitrogen and oxygen atoms in total. The molecule has 6 heteroatoms. The van der Waals surface area contributed by atoms with E-state index in [1.807, 2.05) is 0 Å². The zero-order valence-corrected chi connectivity index (χ0v) is 9.61. The molecule has 0 aliphatic carbocycles. The van der Waals surface area contributed by atoms with Gasteiger partial charge in [-0.1, -0.05) is 0 Å². The summed E-state index contributed by atoms with van der Waals surface area (Å²) >= 11 is 0. The fourth-order valence-electron chi connectivity index (χ4n) is 1.59. The molecule has 1 heterocycles. The molecule has 0 aliphatic rings. The number of rotatable bonds is 3. The van der Waals surface area contributed by atoms with E-state index in [0.717, 1.165) is 6.07 Å². The smallest absolute Gasteiger partial charge is 0.335 e. The predicted molar refractivity (Wildman–Crippen MR) is 66.0 cm³/mol. The first-order valence-electron chi connectivity index (χ1n) is 5.29. The van der Waals surface area contributed by atoms with Crippen molar-refractivity contribution in [2.75, 3.05) is 0 Å². The van der Waals surface area contributed by atoms with Crippen molar-refractivity contribution in [3.05, 3.63) is 64.1 Å². The summed E-state index contributed by atoms with van der Waals surface area (Å²) in [6.07, 6.45) is 1.33. The number of carbonyl (C=O) groups is 2. The minimum absolute atomic E-state index is 0.0941. The zero-order chi connectivity index (χ0) is 14.0. The largest absolute Gasteiger partial charge is 0.478 e. The summed E-state index contributed by atoms with van der Waals surface area (Å²) < 4.78 is 1.23. The molecule has 2 aromatic rings. The SMILES string of the molecule is O=C(O)c1ccc(-n2ccc(C(=O)O)cc2=O)cc1. The lowest BCUT2D eigenvalue weighted by Crippen LogP contribution is -2.18. The van der Waals surface area contributed by atoms with E-state index in [1.165, 1.54) is 41.1 Å². The molecule has 0 atom stereocenters. The van der Waals surface area contributed by atoms with E-state index in [-0.39, 0.29) is 11.1 Å². The molecule has 2 rings (SSSR count). The van der Waals surface area contributed by atoms with Gasteiger partial charge in [-0.15, -0.1) is 0 Å². The van der Waals surface area contributed by atoms with Gasteiger partial charge in [0, 0.05) is 18.0 Å². The van der Waals surface area contributed by atoms with Gasteiger partial charge in [-0.25, -0.2) is 9.59 Å². The third-order valence-corrected chi connectivity index (χ3v) is 2.56. The molecule has 0 saturated heterocycles. The topological polar surface area (TPSA) is 96.6 Å². The first kappa shape index (κ1) is 12.6. The molecule has 0 unspecified atom stereocenters. The average Bonchev–Trinajstić information content (AvgIpc) is 2.38. The van der Waals surface area contributed by atoms with Gasteiger partial charge in [0.15, 0.2) is 0 Å². The highest BCUT2D eigenvalue weighted by molar-refractivity contribution is 5.88. The Morgan fingerprint density at radius 2 is 1.47 bits per heavy atom. The lowest BCUT2D eigenvalue weighted by atomic mass is 10.2. The Balaban J connectivity index is 2.45. The van der Waals surface area contributed by atoms with E-state index in [4.69, 9.17) is 10.2 Å². The van der Waals surface area contributed by atoms with Crippen molar-refractivity contribution in [2.45, 2.75) is 0 Å². The molecule has 1 aromatic heterocycles. The highest BCUT2D eigenvalue weighted by Gasteiger charge is 2.07. The fourth-order valence-corrected chi connectivity index (χ4v) is 1.59. The Morgan fingerprint density at radius 3 is 1.95 bits per heavy atom. The molecule has 19 heavy (non-hydrogen) atoms. The number of aromatic nitrogens is 1. The van der Waals surface area contributed by atoms with Crippen LogP contribution in [-0.4, -0.2) is 26.7 Å². The average molecular weight is 259 g/mol. The number of hydrogen-bond donors (Lipinski definition) is 2. The van der Waals surface area contributed by atoms with Crippen LogP contribution in [0.2, 0.25) is 0 Å². The van der Waals surface area contributed by atoms with Crippen LogP contribution in [-0.2, 0) is 0 Å². The van der Waals surface area contributed by atoms with Crippen molar-refractivity contribution >= 4 is 11.9 Å². The van der Waals surface area contributed by atoms with Gasteiger partial charge in [0.1, 0.15) is 0 Å². The van der Waals surface area contributed by atoms with Crippen molar-refractivity contribution in [1.82, 2.24) is 4.57 Å². The van der Waals surface area contributed by atoms with Gasteiger partial charge in [-0.05, 0) is 30.3 Å². The highest BCUT2D eigenvalue weighted by Crippen LogP contribution is 2.08. The first-order chi connectivity index (χ1) is 8.99. The maximum atomic E-state index is 11.7. The Morgan fingerprint density at radius 1 is 0.895 bits per heavy atom. The van der Waals surface area contributed by atoms with Crippen LogP contribution < -0.4 is 5.56 Å². The molecule has 1 aromatic carbocycles. The molecular weight excluding hydrogens is 250 g/mol. The molecule has 0 saturated carbocycles. The molecule has 2 N–H and O–H groups in total. The zero-order valence-electron chi connectivity index (χ0n) is 9.61. The third-order valence-electron chi connectivity index (χ3n) is 2.56. The molecule has 0 fully saturated rings. The molecule has 0 amide bonds.